The average Bonchev–Trinajstić information content (AvgIpc) is 3.00. The van der Waals surface area contributed by atoms with Crippen LogP contribution in [0.3, 0.4) is 0 Å². The van der Waals surface area contributed by atoms with Gasteiger partial charge < -0.3 is 10.2 Å². The maximum absolute atomic E-state index is 13.9. The number of fused-ring (bicyclic) bond motifs is 1. The molecule has 2 aliphatic rings. The van der Waals surface area contributed by atoms with Crippen molar-refractivity contribution in [1.82, 2.24) is 5.32 Å². The summed E-state index contributed by atoms with van der Waals surface area (Å²) >= 11 is 1.80. The van der Waals surface area contributed by atoms with Crippen LogP contribution in [0.5, 0.6) is 0 Å². The lowest BCUT2D eigenvalue weighted by molar-refractivity contribution is -0.384. The topological polar surface area (TPSA) is 58.4 Å². The van der Waals surface area contributed by atoms with Crippen molar-refractivity contribution in [3.05, 3.63) is 31.6 Å². The Morgan fingerprint density at radius 3 is 2.95 bits per heavy atom. The number of halogens is 2. The molecule has 114 valence electrons. The van der Waals surface area contributed by atoms with Crippen molar-refractivity contribution in [2.45, 2.75) is 19.4 Å². The first-order chi connectivity index (χ1) is 10.0. The Morgan fingerprint density at radius 2 is 2.29 bits per heavy atom. The predicted molar refractivity (Wildman–Crippen MR) is 87.0 cm³/mol. The van der Waals surface area contributed by atoms with E-state index in [1.54, 1.807) is 22.6 Å². The van der Waals surface area contributed by atoms with Gasteiger partial charge in [0.05, 0.1) is 8.49 Å². The van der Waals surface area contributed by atoms with Gasteiger partial charge in [-0.1, -0.05) is 6.92 Å². The highest BCUT2D eigenvalue weighted by Gasteiger charge is 2.44. The molecule has 5 nitrogen and oxygen atoms in total. The molecule has 3 atom stereocenters. The number of benzene rings is 1. The molecule has 2 heterocycles. The highest BCUT2D eigenvalue weighted by Crippen LogP contribution is 2.41. The Bertz CT molecular complexity index is 584. The van der Waals surface area contributed by atoms with E-state index in [9.17, 15) is 14.5 Å². The fourth-order valence-electron chi connectivity index (χ4n) is 3.73. The number of hydrogen-bond acceptors (Lipinski definition) is 4. The summed E-state index contributed by atoms with van der Waals surface area (Å²) in [6.45, 7) is 4.74. The van der Waals surface area contributed by atoms with Gasteiger partial charge in [-0.15, -0.1) is 0 Å². The molecule has 0 spiro atoms. The summed E-state index contributed by atoms with van der Waals surface area (Å²) in [6.07, 6.45) is 0.910. The highest BCUT2D eigenvalue weighted by molar-refractivity contribution is 14.1. The second-order valence-corrected chi connectivity index (χ2v) is 6.88. The monoisotopic (exact) mass is 405 g/mol. The quantitative estimate of drug-likeness (QED) is 0.478. The normalized spacial score (nSPS) is 28.0. The Morgan fingerprint density at radius 1 is 1.52 bits per heavy atom. The first-order valence-electron chi connectivity index (χ1n) is 7.13. The zero-order valence-electron chi connectivity index (χ0n) is 11.7. The standard InChI is InChI=1S/C14H17FIN3O2/c1-2-12-9-6-17-5-8(9)7-18(12)13-3-10(15)11(16)4-14(13)19(20)21/h3-4,8-9,12,17H,2,5-7H2,1H3. The van der Waals surface area contributed by atoms with E-state index in [1.165, 1.54) is 12.1 Å². The van der Waals surface area contributed by atoms with Gasteiger partial charge in [0.1, 0.15) is 11.5 Å². The molecule has 0 radical (unpaired) electrons. The van der Waals surface area contributed by atoms with Gasteiger partial charge in [0.15, 0.2) is 0 Å². The van der Waals surface area contributed by atoms with Gasteiger partial charge in [0.2, 0.25) is 0 Å². The molecule has 0 bridgehead atoms. The van der Waals surface area contributed by atoms with Crippen molar-refractivity contribution in [2.24, 2.45) is 11.8 Å². The molecule has 3 unspecified atom stereocenters. The smallest absolute Gasteiger partial charge is 0.293 e. The van der Waals surface area contributed by atoms with Crippen LogP contribution in [-0.4, -0.2) is 30.6 Å². The third-order valence-electron chi connectivity index (χ3n) is 4.66. The van der Waals surface area contributed by atoms with E-state index in [4.69, 9.17) is 0 Å². The SMILES string of the molecule is CCC1C2CNCC2CN1c1cc(F)c(I)cc1[N+](=O)[O-]. The number of anilines is 1. The zero-order valence-corrected chi connectivity index (χ0v) is 13.8. The maximum atomic E-state index is 13.9. The molecule has 7 heteroatoms. The number of nitro groups is 1. The third-order valence-corrected chi connectivity index (χ3v) is 5.49. The van der Waals surface area contributed by atoms with Crippen LogP contribution in [-0.2, 0) is 0 Å². The Kier molecular flexibility index (Phi) is 4.04. The van der Waals surface area contributed by atoms with Gasteiger partial charge in [-0.25, -0.2) is 4.39 Å². The first-order valence-corrected chi connectivity index (χ1v) is 8.21. The fraction of sp³-hybridized carbons (Fsp3) is 0.571. The molecular formula is C14H17FIN3O2. The summed E-state index contributed by atoms with van der Waals surface area (Å²) in [5.74, 6) is 0.607. The molecule has 0 aliphatic carbocycles. The van der Waals surface area contributed by atoms with E-state index in [1.807, 2.05) is 4.90 Å². The van der Waals surface area contributed by atoms with E-state index in [0.29, 0.717) is 17.5 Å². The van der Waals surface area contributed by atoms with Crippen molar-refractivity contribution >= 4 is 34.0 Å². The molecule has 3 rings (SSSR count). The largest absolute Gasteiger partial charge is 0.362 e. The summed E-state index contributed by atoms with van der Waals surface area (Å²) in [5.41, 5.74) is 0.436. The van der Waals surface area contributed by atoms with Gasteiger partial charge in [-0.2, -0.15) is 0 Å². The molecule has 2 aliphatic heterocycles. The molecule has 2 fully saturated rings. The number of nitrogens with zero attached hydrogens (tertiary/aromatic N) is 2. The van der Waals surface area contributed by atoms with Gasteiger partial charge in [0, 0.05) is 37.8 Å². The average molecular weight is 405 g/mol. The van der Waals surface area contributed by atoms with E-state index < -0.39 is 4.92 Å². The van der Waals surface area contributed by atoms with Gasteiger partial charge in [0.25, 0.3) is 5.69 Å². The second-order valence-electron chi connectivity index (χ2n) is 5.72. The Hall–Kier alpha value is -0.960. The molecule has 0 saturated carbocycles. The second kappa shape index (κ2) is 5.68. The molecule has 1 aromatic carbocycles. The molecule has 1 aromatic rings. The van der Waals surface area contributed by atoms with Gasteiger partial charge in [-0.3, -0.25) is 10.1 Å². The van der Waals surface area contributed by atoms with Crippen molar-refractivity contribution < 1.29 is 9.31 Å². The number of nitrogens with one attached hydrogen (secondary N) is 1. The maximum Gasteiger partial charge on any atom is 0.293 e. The highest BCUT2D eigenvalue weighted by atomic mass is 127. The zero-order chi connectivity index (χ0) is 15.1. The first kappa shape index (κ1) is 15.0. The van der Waals surface area contributed by atoms with Crippen LogP contribution in [0, 0.1) is 31.3 Å². The van der Waals surface area contributed by atoms with Crippen molar-refractivity contribution in [3.8, 4) is 0 Å². The lowest BCUT2D eigenvalue weighted by Gasteiger charge is -2.28. The number of hydrogen-bond donors (Lipinski definition) is 1. The van der Waals surface area contributed by atoms with Gasteiger partial charge >= 0.3 is 0 Å². The number of rotatable bonds is 3. The van der Waals surface area contributed by atoms with E-state index in [2.05, 4.69) is 12.2 Å². The van der Waals surface area contributed by atoms with Crippen LogP contribution in [0.25, 0.3) is 0 Å². The molecule has 1 N–H and O–H groups in total. The van der Waals surface area contributed by atoms with Gasteiger partial charge in [-0.05, 0) is 40.8 Å². The summed E-state index contributed by atoms with van der Waals surface area (Å²) in [4.78, 5) is 13.0. The van der Waals surface area contributed by atoms with E-state index in [-0.39, 0.29) is 21.1 Å². The molecule has 2 saturated heterocycles. The van der Waals surface area contributed by atoms with Crippen LogP contribution >= 0.6 is 22.6 Å². The summed E-state index contributed by atoms with van der Waals surface area (Å²) < 4.78 is 14.2. The lowest BCUT2D eigenvalue weighted by Crippen LogP contribution is -2.35. The predicted octanol–water partition coefficient (Wildman–Crippen LogP) is 2.77. The molecular weight excluding hydrogens is 388 g/mol. The molecule has 0 amide bonds. The minimum atomic E-state index is -0.407. The summed E-state index contributed by atoms with van der Waals surface area (Å²) in [7, 11) is 0. The third kappa shape index (κ3) is 2.50. The van der Waals surface area contributed by atoms with Crippen LogP contribution in [0.1, 0.15) is 13.3 Å². The van der Waals surface area contributed by atoms with Crippen molar-refractivity contribution in [3.63, 3.8) is 0 Å². The Labute approximate surface area is 136 Å². The minimum Gasteiger partial charge on any atom is -0.362 e. The molecule has 0 aromatic heterocycles. The van der Waals surface area contributed by atoms with Crippen molar-refractivity contribution in [2.75, 3.05) is 24.5 Å². The van der Waals surface area contributed by atoms with E-state index in [0.717, 1.165) is 26.1 Å². The van der Waals surface area contributed by atoms with Crippen LogP contribution < -0.4 is 10.2 Å². The fourth-order valence-corrected chi connectivity index (χ4v) is 4.18. The van der Waals surface area contributed by atoms with E-state index >= 15 is 0 Å². The van der Waals surface area contributed by atoms with Crippen molar-refractivity contribution in [1.29, 1.82) is 0 Å². The minimum absolute atomic E-state index is 0.00665. The van der Waals surface area contributed by atoms with Crippen LogP contribution in [0.2, 0.25) is 0 Å². The number of nitro benzene ring substituents is 1. The summed E-state index contributed by atoms with van der Waals surface area (Å²) in [6, 6.07) is 2.91. The van der Waals surface area contributed by atoms with Crippen LogP contribution in [0.4, 0.5) is 15.8 Å². The lowest BCUT2D eigenvalue weighted by atomic mass is 9.93. The van der Waals surface area contributed by atoms with Crippen LogP contribution in [0.15, 0.2) is 12.1 Å². The molecule has 21 heavy (non-hydrogen) atoms. The Balaban J connectivity index is 2.03. The summed E-state index contributed by atoms with van der Waals surface area (Å²) in [5, 5.41) is 14.7.